The van der Waals surface area contributed by atoms with Gasteiger partial charge in [0, 0.05) is 6.54 Å². The van der Waals surface area contributed by atoms with Gasteiger partial charge >= 0.3 is 0 Å². The van der Waals surface area contributed by atoms with Gasteiger partial charge in [-0.25, -0.2) is 9.97 Å². The highest BCUT2D eigenvalue weighted by Crippen LogP contribution is 2.30. The van der Waals surface area contributed by atoms with E-state index in [1.807, 2.05) is 16.8 Å². The van der Waals surface area contributed by atoms with Crippen LogP contribution in [0, 0.1) is 6.92 Å². The molecule has 0 amide bonds. The van der Waals surface area contributed by atoms with Crippen molar-refractivity contribution in [2.24, 2.45) is 0 Å². The molecule has 0 aliphatic heterocycles. The van der Waals surface area contributed by atoms with Crippen LogP contribution in [-0.4, -0.2) is 27.4 Å². The second kappa shape index (κ2) is 5.75. The smallest absolute Gasteiger partial charge is 0.232 e. The van der Waals surface area contributed by atoms with Crippen LogP contribution in [0.1, 0.15) is 35.5 Å². The van der Waals surface area contributed by atoms with Gasteiger partial charge in [0.1, 0.15) is 23.5 Å². The monoisotopic (exact) mass is 331 g/mol. The summed E-state index contributed by atoms with van der Waals surface area (Å²) in [7, 11) is 0. The van der Waals surface area contributed by atoms with Crippen LogP contribution in [0.25, 0.3) is 11.1 Å². The van der Waals surface area contributed by atoms with E-state index in [9.17, 15) is 9.90 Å². The highest BCUT2D eigenvalue weighted by atomic mass is 32.1. The fourth-order valence-electron chi connectivity index (χ4n) is 2.53. The fraction of sp³-hybridized carbons (Fsp3) is 0.312. The summed E-state index contributed by atoms with van der Waals surface area (Å²) >= 11 is 1.53. The Bertz CT molecular complexity index is 853. The van der Waals surface area contributed by atoms with E-state index in [0.717, 1.165) is 5.56 Å². The first-order valence-corrected chi connectivity index (χ1v) is 8.08. The van der Waals surface area contributed by atoms with E-state index in [4.69, 9.17) is 4.42 Å². The molecule has 120 valence electrons. The first kappa shape index (κ1) is 15.6. The lowest BCUT2D eigenvalue weighted by Crippen LogP contribution is -2.30. The number of aliphatic hydroxyl groups is 1. The summed E-state index contributed by atoms with van der Waals surface area (Å²) in [6, 6.07) is 1.88. The van der Waals surface area contributed by atoms with Gasteiger partial charge in [-0.05, 0) is 43.2 Å². The number of carbonyl (C=O) groups excluding carboxylic acids is 1. The highest BCUT2D eigenvalue weighted by molar-refractivity contribution is 7.08. The molecular weight excluding hydrogens is 314 g/mol. The molecule has 3 rings (SSSR count). The number of aromatic nitrogens is 2. The Balaban J connectivity index is 1.96. The zero-order chi connectivity index (χ0) is 16.6. The topological polar surface area (TPSA) is 88.2 Å². The number of thiophene rings is 1. The van der Waals surface area contributed by atoms with E-state index in [1.165, 1.54) is 24.6 Å². The summed E-state index contributed by atoms with van der Waals surface area (Å²) < 4.78 is 5.53. The summed E-state index contributed by atoms with van der Waals surface area (Å²) in [6.07, 6.45) is 1.37. The van der Waals surface area contributed by atoms with Crippen molar-refractivity contribution in [1.29, 1.82) is 0 Å². The van der Waals surface area contributed by atoms with Gasteiger partial charge in [-0.1, -0.05) is 0 Å². The Kier molecular flexibility index (Phi) is 3.91. The molecule has 3 heterocycles. The minimum atomic E-state index is -1.05. The Morgan fingerprint density at radius 1 is 1.48 bits per heavy atom. The number of fused-ring (bicyclic) bond motifs is 1. The predicted molar refractivity (Wildman–Crippen MR) is 88.9 cm³/mol. The van der Waals surface area contributed by atoms with Crippen LogP contribution < -0.4 is 5.32 Å². The molecule has 0 aromatic carbocycles. The van der Waals surface area contributed by atoms with Gasteiger partial charge in [-0.15, -0.1) is 0 Å². The Morgan fingerprint density at radius 3 is 2.91 bits per heavy atom. The molecule has 23 heavy (non-hydrogen) atoms. The number of carbonyl (C=O) groups is 1. The third-order valence-electron chi connectivity index (χ3n) is 3.76. The molecule has 0 aliphatic carbocycles. The summed E-state index contributed by atoms with van der Waals surface area (Å²) in [4.78, 5) is 20.2. The first-order chi connectivity index (χ1) is 10.9. The number of Topliss-reactive ketones (excluding diaryl/α,β-unsaturated/α-hetero) is 1. The fourth-order valence-corrected chi connectivity index (χ4v) is 3.31. The van der Waals surface area contributed by atoms with Gasteiger partial charge in [0.2, 0.25) is 5.71 Å². The highest BCUT2D eigenvalue weighted by Gasteiger charge is 2.25. The zero-order valence-electron chi connectivity index (χ0n) is 13.1. The normalized spacial score (nSPS) is 13.9. The Morgan fingerprint density at radius 2 is 2.26 bits per heavy atom. The van der Waals surface area contributed by atoms with Crippen molar-refractivity contribution in [2.75, 3.05) is 11.9 Å². The third-order valence-corrected chi connectivity index (χ3v) is 4.44. The molecule has 0 radical (unpaired) electrons. The van der Waals surface area contributed by atoms with Gasteiger partial charge in [0.25, 0.3) is 0 Å². The van der Waals surface area contributed by atoms with Crippen LogP contribution >= 0.6 is 11.3 Å². The lowest BCUT2D eigenvalue weighted by molar-refractivity contribution is 0.0719. The molecule has 3 aromatic heterocycles. The van der Waals surface area contributed by atoms with Crippen molar-refractivity contribution in [1.82, 2.24) is 9.97 Å². The number of nitrogens with zero attached hydrogens (tertiary/aromatic N) is 2. The number of rotatable bonds is 5. The van der Waals surface area contributed by atoms with Gasteiger partial charge in [0.15, 0.2) is 5.78 Å². The zero-order valence-corrected chi connectivity index (χ0v) is 13.9. The molecule has 0 fully saturated rings. The maximum atomic E-state index is 11.9. The van der Waals surface area contributed by atoms with Crippen molar-refractivity contribution in [3.63, 3.8) is 0 Å². The number of furan rings is 1. The molecule has 2 N–H and O–H groups in total. The van der Waals surface area contributed by atoms with E-state index >= 15 is 0 Å². The largest absolute Gasteiger partial charge is 0.442 e. The number of hydrogen-bond donors (Lipinski definition) is 2. The first-order valence-electron chi connectivity index (χ1n) is 7.14. The summed E-state index contributed by atoms with van der Waals surface area (Å²) in [5.74, 6) is 0.886. The number of nitrogens with one attached hydrogen (secondary N) is 1. The van der Waals surface area contributed by atoms with Gasteiger partial charge in [0.05, 0.1) is 10.9 Å². The molecule has 0 saturated carbocycles. The van der Waals surface area contributed by atoms with Crippen LogP contribution in [0.3, 0.4) is 0 Å². The van der Waals surface area contributed by atoms with Crippen LogP contribution in [0.2, 0.25) is 0 Å². The van der Waals surface area contributed by atoms with Crippen LogP contribution in [-0.2, 0) is 5.60 Å². The Hall–Kier alpha value is -2.25. The summed E-state index contributed by atoms with van der Waals surface area (Å²) in [5.41, 5.74) is 0.612. The maximum absolute atomic E-state index is 11.9. The lowest BCUT2D eigenvalue weighted by atomic mass is 9.99. The second-order valence-corrected chi connectivity index (χ2v) is 6.41. The van der Waals surface area contributed by atoms with Gasteiger partial charge in [-0.3, -0.25) is 4.79 Å². The number of anilines is 1. The average molecular weight is 331 g/mol. The quantitative estimate of drug-likeness (QED) is 0.698. The number of aryl methyl sites for hydroxylation is 1. The molecule has 6 nitrogen and oxygen atoms in total. The van der Waals surface area contributed by atoms with Crippen LogP contribution in [0.15, 0.2) is 27.6 Å². The van der Waals surface area contributed by atoms with Gasteiger partial charge < -0.3 is 14.8 Å². The van der Waals surface area contributed by atoms with E-state index < -0.39 is 5.60 Å². The van der Waals surface area contributed by atoms with Crippen molar-refractivity contribution in [3.8, 4) is 0 Å². The van der Waals surface area contributed by atoms with E-state index in [-0.39, 0.29) is 12.3 Å². The molecule has 7 heteroatoms. The molecule has 0 bridgehead atoms. The standard InChI is InChI=1S/C16H17N3O3S/c1-9(20)12-10(2)22-15-13(12)14(18-8-19-15)17-7-16(3,21)11-4-5-23-6-11/h4-6,8,21H,7H2,1-3H3,(H,17,18,19). The SMILES string of the molecule is CC(=O)c1c(C)oc2ncnc(NCC(C)(O)c3ccsc3)c12. The van der Waals surface area contributed by atoms with E-state index in [2.05, 4.69) is 15.3 Å². The van der Waals surface area contributed by atoms with Crippen LogP contribution in [0.5, 0.6) is 0 Å². The van der Waals surface area contributed by atoms with Crippen molar-refractivity contribution in [2.45, 2.75) is 26.4 Å². The minimum absolute atomic E-state index is 0.108. The Labute approximate surface area is 137 Å². The van der Waals surface area contributed by atoms with E-state index in [0.29, 0.717) is 28.2 Å². The maximum Gasteiger partial charge on any atom is 0.232 e. The van der Waals surface area contributed by atoms with Crippen molar-refractivity contribution in [3.05, 3.63) is 40.0 Å². The summed E-state index contributed by atoms with van der Waals surface area (Å²) in [6.45, 7) is 5.18. The summed E-state index contributed by atoms with van der Waals surface area (Å²) in [5, 5.41) is 18.1. The molecule has 3 aromatic rings. The minimum Gasteiger partial charge on any atom is -0.442 e. The second-order valence-electron chi connectivity index (χ2n) is 5.63. The molecular formula is C16H17N3O3S. The van der Waals surface area contributed by atoms with Crippen molar-refractivity contribution < 1.29 is 14.3 Å². The molecule has 0 saturated heterocycles. The van der Waals surface area contributed by atoms with E-state index in [1.54, 1.807) is 13.8 Å². The number of hydrogen-bond acceptors (Lipinski definition) is 7. The average Bonchev–Trinajstić information content (AvgIpc) is 3.11. The van der Waals surface area contributed by atoms with Crippen LogP contribution in [0.4, 0.5) is 5.82 Å². The van der Waals surface area contributed by atoms with Crippen molar-refractivity contribution >= 4 is 34.0 Å². The molecule has 0 spiro atoms. The molecule has 0 aliphatic rings. The number of ketones is 1. The lowest BCUT2D eigenvalue weighted by Gasteiger charge is -2.23. The third kappa shape index (κ3) is 2.85. The molecule has 1 atom stereocenters. The predicted octanol–water partition coefficient (Wildman–Crippen LogP) is 3.11. The molecule has 1 unspecified atom stereocenters. The van der Waals surface area contributed by atoms with Gasteiger partial charge in [-0.2, -0.15) is 11.3 Å².